The molecule has 6 aromatic rings. The van der Waals surface area contributed by atoms with Gasteiger partial charge in [-0.2, -0.15) is 0 Å². The first-order valence-corrected chi connectivity index (χ1v) is 25.7. The van der Waals surface area contributed by atoms with Gasteiger partial charge in [0.25, 0.3) is 10.0 Å². The summed E-state index contributed by atoms with van der Waals surface area (Å²) in [5.41, 5.74) is 11.9. The highest BCUT2D eigenvalue weighted by molar-refractivity contribution is 7.89. The topological polar surface area (TPSA) is 256 Å². The van der Waals surface area contributed by atoms with Crippen molar-refractivity contribution in [2.24, 2.45) is 5.73 Å². The van der Waals surface area contributed by atoms with E-state index < -0.39 is 28.3 Å². The number of aliphatic hydroxyl groups is 4. The number of phenols is 2. The Bertz CT molecular complexity index is 2740. The Balaban J connectivity index is 0.862. The lowest BCUT2D eigenvalue weighted by atomic mass is 10.1. The highest BCUT2D eigenvalue weighted by atomic mass is 32.2. The number of carbonyl (C=O) groups is 1. The van der Waals surface area contributed by atoms with E-state index in [2.05, 4.69) is 15.5 Å². The number of nitrogens with two attached hydrogens (primary N) is 1. The van der Waals surface area contributed by atoms with Crippen molar-refractivity contribution >= 4 is 21.7 Å². The summed E-state index contributed by atoms with van der Waals surface area (Å²) < 4.78 is 39.1. The average molecular weight is 1010 g/mol. The average Bonchev–Trinajstić information content (AvgIpc) is 3.39. The predicted molar refractivity (Wildman–Crippen MR) is 276 cm³/mol. The number of hydrogen-bond acceptors (Lipinski definition) is 13. The maximum absolute atomic E-state index is 13.6. The number of carbonyl (C=O) groups excluding carboxylic acids is 1. The summed E-state index contributed by atoms with van der Waals surface area (Å²) in [6.07, 6.45) is 4.27. The number of unbranched alkanes of at least 4 members (excludes halogenated alkanes) is 2. The molecule has 17 heteroatoms. The molecule has 0 fully saturated rings. The summed E-state index contributed by atoms with van der Waals surface area (Å²) in [4.78, 5) is 15.0. The molecule has 0 radical (unpaired) electrons. The zero-order valence-corrected chi connectivity index (χ0v) is 41.1. The van der Waals surface area contributed by atoms with Crippen molar-refractivity contribution in [2.75, 3.05) is 44.4 Å². The fourth-order valence-corrected chi connectivity index (χ4v) is 9.03. The Morgan fingerprint density at radius 1 is 0.569 bits per heavy atom. The van der Waals surface area contributed by atoms with Gasteiger partial charge in [0.2, 0.25) is 0 Å². The van der Waals surface area contributed by atoms with Crippen molar-refractivity contribution in [1.29, 1.82) is 0 Å². The molecular weight excluding hydrogens is 939 g/mol. The number of aryl methyl sites for hydroxylation is 2. The molecule has 0 unspecified atom stereocenters. The number of benzene rings is 6. The van der Waals surface area contributed by atoms with Gasteiger partial charge in [0.1, 0.15) is 23.0 Å². The molecule has 72 heavy (non-hydrogen) atoms. The van der Waals surface area contributed by atoms with E-state index in [-0.39, 0.29) is 29.6 Å². The zero-order chi connectivity index (χ0) is 51.3. The summed E-state index contributed by atoms with van der Waals surface area (Å²) in [5, 5.41) is 66.5. The lowest BCUT2D eigenvalue weighted by molar-refractivity contribution is 0.174. The van der Waals surface area contributed by atoms with Crippen LogP contribution >= 0.6 is 0 Å². The molecule has 16 nitrogen and oxygen atoms in total. The fraction of sp³-hybridized carbons (Fsp3) is 0.327. The van der Waals surface area contributed by atoms with Gasteiger partial charge in [-0.25, -0.2) is 18.2 Å². The van der Waals surface area contributed by atoms with E-state index in [1.807, 2.05) is 60.7 Å². The first-order chi connectivity index (χ1) is 34.8. The highest BCUT2D eigenvalue weighted by Crippen LogP contribution is 2.25. The van der Waals surface area contributed by atoms with Crippen LogP contribution in [0.5, 0.6) is 23.0 Å². The highest BCUT2D eigenvalue weighted by Gasteiger charge is 2.23. The van der Waals surface area contributed by atoms with Crippen LogP contribution in [-0.2, 0) is 48.9 Å². The lowest BCUT2D eigenvalue weighted by Gasteiger charge is -2.22. The normalized spacial score (nSPS) is 12.3. The largest absolute Gasteiger partial charge is 0.508 e. The minimum atomic E-state index is -4.19. The number of nitrogens with zero attached hydrogens (tertiary/aromatic N) is 1. The second kappa shape index (κ2) is 27.9. The van der Waals surface area contributed by atoms with Crippen LogP contribution in [0, 0.1) is 0 Å². The third kappa shape index (κ3) is 17.1. The van der Waals surface area contributed by atoms with E-state index >= 15 is 0 Å². The van der Waals surface area contributed by atoms with Gasteiger partial charge in [0, 0.05) is 24.2 Å². The molecular formula is C55H67N5O11S. The van der Waals surface area contributed by atoms with Crippen LogP contribution in [0.4, 0.5) is 10.5 Å². The number of aliphatic hydroxyl groups excluding tert-OH is 4. The van der Waals surface area contributed by atoms with Crippen LogP contribution in [-0.4, -0.2) is 84.5 Å². The standard InChI is InChI=1S/C55H67N5O11S/c56-55(67)60(47-11-5-9-41(31-47)7-1-3-29-70-48-19-13-39(14-20-48)25-27-57-35-53(65)43-17-23-51(63)45(33-43)37-61)59-72(68,69)50-12-6-10-42(32-50)8-2-4-30-71-49-21-15-40(16-22-49)26-28-58-36-54(66)44-18-24-52(64)46(34-44)38-62/h5-6,9-24,31-34,53-54,57-59,61-66H,1-4,7-8,25-30,35-38H2,(H2,56,67)/t53-,54-/m1/s1. The monoisotopic (exact) mass is 1010 g/mol. The van der Waals surface area contributed by atoms with Crippen molar-refractivity contribution in [3.8, 4) is 23.0 Å². The fourth-order valence-electron chi connectivity index (χ4n) is 7.92. The molecule has 0 aliphatic rings. The Hall–Kier alpha value is -6.54. The van der Waals surface area contributed by atoms with Gasteiger partial charge in [-0.15, -0.1) is 4.83 Å². The summed E-state index contributed by atoms with van der Waals surface area (Å²) in [5.74, 6) is 1.49. The van der Waals surface area contributed by atoms with E-state index in [9.17, 15) is 43.9 Å². The molecule has 0 saturated carbocycles. The lowest BCUT2D eigenvalue weighted by Crippen LogP contribution is -2.49. The smallest absolute Gasteiger partial charge is 0.334 e. The third-order valence-electron chi connectivity index (χ3n) is 12.1. The summed E-state index contributed by atoms with van der Waals surface area (Å²) >= 11 is 0. The van der Waals surface area contributed by atoms with Crippen LogP contribution < -0.4 is 35.7 Å². The number of hydrazine groups is 1. The molecule has 0 aliphatic heterocycles. The maximum Gasteiger partial charge on any atom is 0.334 e. The molecule has 384 valence electrons. The maximum atomic E-state index is 13.6. The van der Waals surface area contributed by atoms with E-state index in [1.54, 1.807) is 54.6 Å². The Kier molecular flexibility index (Phi) is 21.2. The summed E-state index contributed by atoms with van der Waals surface area (Å²) in [6.45, 7) is 2.32. The molecule has 0 heterocycles. The molecule has 0 bridgehead atoms. The van der Waals surface area contributed by atoms with Crippen molar-refractivity contribution in [3.05, 3.63) is 178 Å². The van der Waals surface area contributed by atoms with Crippen molar-refractivity contribution in [3.63, 3.8) is 0 Å². The van der Waals surface area contributed by atoms with Crippen LogP contribution in [0.3, 0.4) is 0 Å². The number of amides is 2. The van der Waals surface area contributed by atoms with E-state index in [0.29, 0.717) is 80.2 Å². The molecule has 11 N–H and O–H groups in total. The van der Waals surface area contributed by atoms with E-state index in [1.165, 1.54) is 18.2 Å². The molecule has 0 aromatic heterocycles. The van der Waals surface area contributed by atoms with Crippen molar-refractivity contribution in [1.82, 2.24) is 15.5 Å². The Labute approximate surface area is 421 Å². The number of hydrogen-bond donors (Lipinski definition) is 10. The van der Waals surface area contributed by atoms with Gasteiger partial charge < -0.3 is 56.5 Å². The quantitative estimate of drug-likeness (QED) is 0.0174. The van der Waals surface area contributed by atoms with E-state index in [0.717, 1.165) is 77.3 Å². The summed E-state index contributed by atoms with van der Waals surface area (Å²) in [6, 6.07) is 37.7. The first kappa shape index (κ1) is 54.8. The van der Waals surface area contributed by atoms with Gasteiger partial charge >= 0.3 is 6.03 Å². The van der Waals surface area contributed by atoms with Gasteiger partial charge in [-0.3, -0.25) is 0 Å². The molecule has 0 saturated heterocycles. The third-order valence-corrected chi connectivity index (χ3v) is 13.4. The number of primary amides is 1. The number of ether oxygens (including phenoxy) is 2. The van der Waals surface area contributed by atoms with Crippen LogP contribution in [0.15, 0.2) is 138 Å². The van der Waals surface area contributed by atoms with Gasteiger partial charge in [0.05, 0.1) is 49.2 Å². The molecule has 6 rings (SSSR count). The van der Waals surface area contributed by atoms with Crippen LogP contribution in [0.2, 0.25) is 0 Å². The van der Waals surface area contributed by atoms with E-state index in [4.69, 9.17) is 15.2 Å². The second-order valence-electron chi connectivity index (χ2n) is 17.5. The van der Waals surface area contributed by atoms with Crippen molar-refractivity contribution < 1.29 is 53.3 Å². The second-order valence-corrected chi connectivity index (χ2v) is 19.2. The number of nitrogens with one attached hydrogen (secondary N) is 3. The van der Waals surface area contributed by atoms with Gasteiger partial charge in [0.15, 0.2) is 0 Å². The molecule has 2 amide bonds. The first-order valence-electron chi connectivity index (χ1n) is 24.2. The van der Waals surface area contributed by atoms with Gasteiger partial charge in [-0.05, 0) is 171 Å². The Morgan fingerprint density at radius 2 is 1.04 bits per heavy atom. The minimum Gasteiger partial charge on any atom is -0.508 e. The molecule has 6 aromatic carbocycles. The summed E-state index contributed by atoms with van der Waals surface area (Å²) in [7, 11) is -4.19. The molecule has 0 spiro atoms. The van der Waals surface area contributed by atoms with Crippen LogP contribution in [0.1, 0.15) is 82.4 Å². The number of aromatic hydroxyl groups is 2. The minimum absolute atomic E-state index is 0.00339. The number of sulfonamides is 1. The number of urea groups is 1. The molecule has 2 atom stereocenters. The molecule has 0 aliphatic carbocycles. The van der Waals surface area contributed by atoms with Crippen LogP contribution in [0.25, 0.3) is 0 Å². The predicted octanol–water partition coefficient (Wildman–Crippen LogP) is 6.40. The van der Waals surface area contributed by atoms with Gasteiger partial charge in [-0.1, -0.05) is 60.7 Å². The van der Waals surface area contributed by atoms with Crippen molar-refractivity contribution in [2.45, 2.75) is 81.7 Å². The SMILES string of the molecule is NC(=O)N(NS(=O)(=O)c1cccc(CCCCOc2ccc(CCNC[C@@H](O)c3ccc(O)c(CO)c3)cc2)c1)c1cccc(CCCCOc2ccc(CCNC[C@@H](O)c3ccc(O)c(CO)c3)cc2)c1. The Morgan fingerprint density at radius 3 is 1.51 bits per heavy atom. The zero-order valence-electron chi connectivity index (χ0n) is 40.3. The number of anilines is 1. The number of rotatable bonds is 30.